The van der Waals surface area contributed by atoms with Gasteiger partial charge in [0.25, 0.3) is 5.91 Å². The Balaban J connectivity index is 2.31. The maximum Gasteiger partial charge on any atom is 0.328 e. The van der Waals surface area contributed by atoms with Crippen LogP contribution in [0.4, 0.5) is 0 Å². The van der Waals surface area contributed by atoms with E-state index in [2.05, 4.69) is 0 Å². The number of likely N-dealkylation sites (tertiary alicyclic amines) is 1. The highest BCUT2D eigenvalue weighted by Gasteiger charge is 2.34. The number of halogens is 1. The standard InChI is InChI=1S/C15H18ClNO4/c1-20-13-9-10(16)6-7-11(13)14(18)17-8-4-3-5-12(17)15(19)21-2/h6-7,9,12H,3-5,8H2,1-2H3. The number of carbonyl (C=O) groups excluding carboxylic acids is 2. The van der Waals surface area contributed by atoms with Gasteiger partial charge in [-0.25, -0.2) is 4.79 Å². The summed E-state index contributed by atoms with van der Waals surface area (Å²) in [5, 5.41) is 0.492. The van der Waals surface area contributed by atoms with Crippen LogP contribution in [-0.4, -0.2) is 43.6 Å². The predicted molar refractivity (Wildman–Crippen MR) is 78.7 cm³/mol. The Labute approximate surface area is 128 Å². The number of nitrogens with zero attached hydrogens (tertiary/aromatic N) is 1. The van der Waals surface area contributed by atoms with Gasteiger partial charge < -0.3 is 14.4 Å². The third-order valence-corrected chi connectivity index (χ3v) is 3.87. The maximum absolute atomic E-state index is 12.7. The molecule has 1 heterocycles. The van der Waals surface area contributed by atoms with E-state index in [1.807, 2.05) is 0 Å². The summed E-state index contributed by atoms with van der Waals surface area (Å²) in [7, 11) is 2.82. The summed E-state index contributed by atoms with van der Waals surface area (Å²) in [6.07, 6.45) is 2.39. The number of piperidine rings is 1. The molecule has 1 unspecified atom stereocenters. The van der Waals surface area contributed by atoms with Crippen molar-refractivity contribution in [3.8, 4) is 5.75 Å². The molecule has 2 rings (SSSR count). The van der Waals surface area contributed by atoms with Crippen molar-refractivity contribution in [3.05, 3.63) is 28.8 Å². The summed E-state index contributed by atoms with van der Waals surface area (Å²) in [6.45, 7) is 0.532. The number of hydrogen-bond donors (Lipinski definition) is 0. The van der Waals surface area contributed by atoms with E-state index in [-0.39, 0.29) is 11.9 Å². The van der Waals surface area contributed by atoms with Crippen molar-refractivity contribution in [3.63, 3.8) is 0 Å². The minimum absolute atomic E-state index is 0.237. The molecule has 0 aliphatic carbocycles. The van der Waals surface area contributed by atoms with Crippen molar-refractivity contribution >= 4 is 23.5 Å². The SMILES string of the molecule is COC(=O)C1CCCCN1C(=O)c1ccc(Cl)cc1OC. The van der Waals surface area contributed by atoms with E-state index in [9.17, 15) is 9.59 Å². The monoisotopic (exact) mass is 311 g/mol. The van der Waals surface area contributed by atoms with Gasteiger partial charge in [-0.3, -0.25) is 4.79 Å². The molecular formula is C15H18ClNO4. The average molecular weight is 312 g/mol. The van der Waals surface area contributed by atoms with E-state index in [4.69, 9.17) is 21.1 Å². The van der Waals surface area contributed by atoms with E-state index in [0.29, 0.717) is 29.3 Å². The lowest BCUT2D eigenvalue weighted by molar-refractivity contribution is -0.147. The molecule has 6 heteroatoms. The molecule has 1 aliphatic rings. The number of hydrogen-bond acceptors (Lipinski definition) is 4. The van der Waals surface area contributed by atoms with Crippen LogP contribution in [0.15, 0.2) is 18.2 Å². The molecular weight excluding hydrogens is 294 g/mol. The topological polar surface area (TPSA) is 55.8 Å². The van der Waals surface area contributed by atoms with Gasteiger partial charge >= 0.3 is 5.97 Å². The first-order valence-corrected chi connectivity index (χ1v) is 7.18. The van der Waals surface area contributed by atoms with Gasteiger partial charge in [-0.05, 0) is 37.5 Å². The average Bonchev–Trinajstić information content (AvgIpc) is 2.53. The third-order valence-electron chi connectivity index (χ3n) is 3.63. The van der Waals surface area contributed by atoms with Gasteiger partial charge in [-0.1, -0.05) is 11.6 Å². The first kappa shape index (κ1) is 15.6. The van der Waals surface area contributed by atoms with Gasteiger partial charge in [-0.15, -0.1) is 0 Å². The fraction of sp³-hybridized carbons (Fsp3) is 0.467. The Morgan fingerprint density at radius 2 is 2.05 bits per heavy atom. The molecule has 1 aromatic rings. The van der Waals surface area contributed by atoms with Crippen LogP contribution < -0.4 is 4.74 Å². The van der Waals surface area contributed by atoms with E-state index in [0.717, 1.165) is 12.8 Å². The highest BCUT2D eigenvalue weighted by molar-refractivity contribution is 6.30. The van der Waals surface area contributed by atoms with Crippen molar-refractivity contribution in [1.29, 1.82) is 0 Å². The molecule has 21 heavy (non-hydrogen) atoms. The molecule has 1 saturated heterocycles. The number of methoxy groups -OCH3 is 2. The predicted octanol–water partition coefficient (Wildman–Crippen LogP) is 2.52. The minimum atomic E-state index is -0.531. The summed E-state index contributed by atoms with van der Waals surface area (Å²) in [6, 6.07) is 4.31. The lowest BCUT2D eigenvalue weighted by atomic mass is 10.0. The Hall–Kier alpha value is -1.75. The second-order valence-electron chi connectivity index (χ2n) is 4.88. The van der Waals surface area contributed by atoms with Gasteiger partial charge in [0, 0.05) is 11.6 Å². The molecule has 0 spiro atoms. The molecule has 1 fully saturated rings. The van der Waals surface area contributed by atoms with Crippen LogP contribution in [0.1, 0.15) is 29.6 Å². The van der Waals surface area contributed by atoms with Crippen LogP contribution in [0.3, 0.4) is 0 Å². The quantitative estimate of drug-likeness (QED) is 0.805. The largest absolute Gasteiger partial charge is 0.496 e. The highest BCUT2D eigenvalue weighted by Crippen LogP contribution is 2.27. The molecule has 0 N–H and O–H groups in total. The number of ether oxygens (including phenoxy) is 2. The lowest BCUT2D eigenvalue weighted by Crippen LogP contribution is -2.48. The van der Waals surface area contributed by atoms with Crippen molar-refractivity contribution < 1.29 is 19.1 Å². The van der Waals surface area contributed by atoms with E-state index < -0.39 is 6.04 Å². The Morgan fingerprint density at radius 1 is 1.29 bits per heavy atom. The summed E-state index contributed by atoms with van der Waals surface area (Å²) < 4.78 is 10.0. The zero-order valence-electron chi connectivity index (χ0n) is 12.1. The number of carbonyl (C=O) groups is 2. The van der Waals surface area contributed by atoms with Gasteiger partial charge in [0.2, 0.25) is 0 Å². The third kappa shape index (κ3) is 3.29. The molecule has 114 valence electrons. The van der Waals surface area contributed by atoms with E-state index in [1.165, 1.54) is 14.2 Å². The summed E-state index contributed by atoms with van der Waals surface area (Å²) >= 11 is 5.91. The van der Waals surface area contributed by atoms with Gasteiger partial charge in [-0.2, -0.15) is 0 Å². The van der Waals surface area contributed by atoms with E-state index in [1.54, 1.807) is 23.1 Å². The summed E-state index contributed by atoms with van der Waals surface area (Å²) in [5.74, 6) is -0.212. The van der Waals surface area contributed by atoms with Crippen LogP contribution >= 0.6 is 11.6 Å². The van der Waals surface area contributed by atoms with Gasteiger partial charge in [0.05, 0.1) is 19.8 Å². The van der Waals surface area contributed by atoms with Crippen LogP contribution in [0.25, 0.3) is 0 Å². The molecule has 0 saturated carbocycles. The molecule has 1 amide bonds. The van der Waals surface area contributed by atoms with Crippen molar-refractivity contribution in [2.75, 3.05) is 20.8 Å². The molecule has 1 atom stereocenters. The zero-order chi connectivity index (χ0) is 15.4. The first-order valence-electron chi connectivity index (χ1n) is 6.80. The molecule has 5 nitrogen and oxygen atoms in total. The maximum atomic E-state index is 12.7. The molecule has 1 aromatic carbocycles. The Kier molecular flexibility index (Phi) is 5.07. The van der Waals surface area contributed by atoms with Crippen LogP contribution in [0, 0.1) is 0 Å². The smallest absolute Gasteiger partial charge is 0.328 e. The fourth-order valence-electron chi connectivity index (χ4n) is 2.55. The summed E-state index contributed by atoms with van der Waals surface area (Å²) in [4.78, 5) is 26.1. The number of rotatable bonds is 3. The molecule has 1 aliphatic heterocycles. The first-order chi connectivity index (χ1) is 10.1. The Morgan fingerprint density at radius 3 is 2.71 bits per heavy atom. The highest BCUT2D eigenvalue weighted by atomic mass is 35.5. The normalized spacial score (nSPS) is 18.2. The molecule has 0 bridgehead atoms. The molecule has 0 radical (unpaired) electrons. The summed E-state index contributed by atoms with van der Waals surface area (Å²) in [5.41, 5.74) is 0.401. The number of esters is 1. The van der Waals surface area contributed by atoms with Crippen LogP contribution in [0.2, 0.25) is 5.02 Å². The van der Waals surface area contributed by atoms with Crippen molar-refractivity contribution in [2.45, 2.75) is 25.3 Å². The molecule has 0 aromatic heterocycles. The van der Waals surface area contributed by atoms with Crippen LogP contribution in [0.5, 0.6) is 5.75 Å². The Bertz CT molecular complexity index is 546. The van der Waals surface area contributed by atoms with E-state index >= 15 is 0 Å². The number of amides is 1. The van der Waals surface area contributed by atoms with Crippen LogP contribution in [-0.2, 0) is 9.53 Å². The van der Waals surface area contributed by atoms with Gasteiger partial charge in [0.15, 0.2) is 0 Å². The lowest BCUT2D eigenvalue weighted by Gasteiger charge is -2.34. The van der Waals surface area contributed by atoms with Crippen molar-refractivity contribution in [2.24, 2.45) is 0 Å². The second-order valence-corrected chi connectivity index (χ2v) is 5.31. The zero-order valence-corrected chi connectivity index (χ0v) is 12.9. The fourth-order valence-corrected chi connectivity index (χ4v) is 2.71. The number of benzene rings is 1. The second kappa shape index (κ2) is 6.80. The van der Waals surface area contributed by atoms with Gasteiger partial charge in [0.1, 0.15) is 11.8 Å². The minimum Gasteiger partial charge on any atom is -0.496 e. The van der Waals surface area contributed by atoms with Crippen molar-refractivity contribution in [1.82, 2.24) is 4.90 Å².